The lowest BCUT2D eigenvalue weighted by Gasteiger charge is -2.59. The van der Waals surface area contributed by atoms with Crippen molar-refractivity contribution in [1.82, 2.24) is 0 Å². The first-order valence-electron chi connectivity index (χ1n) is 10.7. The number of carbonyl (C=O) groups excluding carboxylic acids is 1. The topological polar surface area (TPSA) is 93.1 Å². The lowest BCUT2D eigenvalue weighted by molar-refractivity contribution is -0.232. The first-order chi connectivity index (χ1) is 13.4. The summed E-state index contributed by atoms with van der Waals surface area (Å²) in [7, 11) is 0. The number of aliphatic hydroxyl groups excluding tert-OH is 1. The second kappa shape index (κ2) is 5.59. The fraction of sp³-hybridized carbons (Fsp3) is 0.739. The number of carbonyl (C=O) groups is 2. The highest BCUT2D eigenvalue weighted by Crippen LogP contribution is 2.70. The standard InChI is InChI=1S/C23H30O6/c1-20(2)28-17-10-15-14-6-5-12-9-13(24)7-8-21(12,3)18(14)16(25)11-22(15,4)23(17,29-20)19(26)27/h7-9,14-18,25H,5-6,10-11H2,1-4H3,(H,26,27)/t14-,15-,16-,17-,18+,21-,22+,23+/m0/s1. The predicted octanol–water partition coefficient (Wildman–Crippen LogP) is 2.85. The molecule has 5 aliphatic rings. The van der Waals surface area contributed by atoms with Crippen LogP contribution in [0.15, 0.2) is 23.8 Å². The molecule has 8 atom stereocenters. The first kappa shape index (κ1) is 19.5. The van der Waals surface area contributed by atoms with Crippen LogP contribution in [0.5, 0.6) is 0 Å². The summed E-state index contributed by atoms with van der Waals surface area (Å²) in [4.78, 5) is 24.5. The molecule has 3 saturated carbocycles. The van der Waals surface area contributed by atoms with Gasteiger partial charge in [-0.15, -0.1) is 0 Å². The molecule has 0 bridgehead atoms. The van der Waals surface area contributed by atoms with E-state index in [-0.39, 0.29) is 29.0 Å². The third kappa shape index (κ3) is 2.23. The number of carboxylic acid groups (broad SMARTS) is 1. The molecule has 29 heavy (non-hydrogen) atoms. The molecule has 0 radical (unpaired) electrons. The maximum absolute atomic E-state index is 12.6. The van der Waals surface area contributed by atoms with Crippen molar-refractivity contribution in [1.29, 1.82) is 0 Å². The van der Waals surface area contributed by atoms with E-state index in [1.807, 2.05) is 13.0 Å². The molecule has 5 rings (SSSR count). The molecule has 6 nitrogen and oxygen atoms in total. The van der Waals surface area contributed by atoms with Gasteiger partial charge < -0.3 is 19.7 Å². The normalized spacial score (nSPS) is 52.2. The maximum atomic E-state index is 12.6. The molecule has 1 saturated heterocycles. The third-order valence-corrected chi connectivity index (χ3v) is 8.81. The zero-order chi connectivity index (χ0) is 21.0. The minimum atomic E-state index is -1.44. The Morgan fingerprint density at radius 3 is 2.66 bits per heavy atom. The summed E-state index contributed by atoms with van der Waals surface area (Å²) in [6, 6.07) is 0. The van der Waals surface area contributed by atoms with Crippen LogP contribution in [-0.4, -0.2) is 45.6 Å². The Labute approximate surface area is 170 Å². The Morgan fingerprint density at radius 1 is 1.24 bits per heavy atom. The van der Waals surface area contributed by atoms with Crippen molar-refractivity contribution in [3.8, 4) is 0 Å². The van der Waals surface area contributed by atoms with E-state index in [2.05, 4.69) is 6.92 Å². The quantitative estimate of drug-likeness (QED) is 0.701. The van der Waals surface area contributed by atoms with E-state index >= 15 is 0 Å². The van der Waals surface area contributed by atoms with Crippen molar-refractivity contribution >= 4 is 11.8 Å². The molecule has 0 aromatic heterocycles. The van der Waals surface area contributed by atoms with Gasteiger partial charge in [0.1, 0.15) is 6.10 Å². The molecule has 4 aliphatic carbocycles. The van der Waals surface area contributed by atoms with E-state index in [1.54, 1.807) is 26.0 Å². The number of hydrogen-bond donors (Lipinski definition) is 2. The molecule has 4 fully saturated rings. The molecule has 1 heterocycles. The van der Waals surface area contributed by atoms with E-state index in [1.165, 1.54) is 0 Å². The fourth-order valence-electron chi connectivity index (χ4n) is 7.79. The molecule has 2 N–H and O–H groups in total. The van der Waals surface area contributed by atoms with Crippen molar-refractivity contribution in [3.05, 3.63) is 23.8 Å². The molecule has 0 aromatic rings. The highest BCUT2D eigenvalue weighted by atomic mass is 16.8. The number of fused-ring (bicyclic) bond motifs is 7. The summed E-state index contributed by atoms with van der Waals surface area (Å²) in [5.74, 6) is -1.74. The van der Waals surface area contributed by atoms with Gasteiger partial charge in [0.15, 0.2) is 17.2 Å². The van der Waals surface area contributed by atoms with Crippen molar-refractivity contribution in [2.45, 2.75) is 77.0 Å². The van der Waals surface area contributed by atoms with Crippen molar-refractivity contribution in [2.24, 2.45) is 28.6 Å². The number of aliphatic hydroxyl groups is 1. The number of ketones is 1. The second-order valence-corrected chi connectivity index (χ2v) is 10.6. The molecule has 1 aliphatic heterocycles. The summed E-state index contributed by atoms with van der Waals surface area (Å²) in [6.07, 6.45) is 6.73. The Balaban J connectivity index is 1.59. The molecule has 0 unspecified atom stereocenters. The van der Waals surface area contributed by atoms with Crippen LogP contribution in [0.2, 0.25) is 0 Å². The monoisotopic (exact) mass is 402 g/mol. The Bertz CT molecular complexity index is 857. The van der Waals surface area contributed by atoms with Crippen molar-refractivity contribution in [2.75, 3.05) is 0 Å². The Kier molecular flexibility index (Phi) is 3.75. The lowest BCUT2D eigenvalue weighted by atomic mass is 9.46. The summed E-state index contributed by atoms with van der Waals surface area (Å²) < 4.78 is 12.3. The number of hydrogen-bond acceptors (Lipinski definition) is 5. The van der Waals surface area contributed by atoms with Crippen molar-refractivity contribution in [3.63, 3.8) is 0 Å². The number of allylic oxidation sites excluding steroid dienone is 4. The Hall–Kier alpha value is -1.50. The summed E-state index contributed by atoms with van der Waals surface area (Å²) in [5, 5.41) is 21.7. The van der Waals surface area contributed by atoms with Gasteiger partial charge >= 0.3 is 5.97 Å². The van der Waals surface area contributed by atoms with E-state index in [4.69, 9.17) is 9.47 Å². The van der Waals surface area contributed by atoms with Gasteiger partial charge in [0, 0.05) is 16.7 Å². The van der Waals surface area contributed by atoms with Gasteiger partial charge in [-0.1, -0.05) is 25.5 Å². The van der Waals surface area contributed by atoms with Gasteiger partial charge in [0.2, 0.25) is 0 Å². The van der Waals surface area contributed by atoms with Gasteiger partial charge in [0.05, 0.1) is 6.10 Å². The number of aliphatic carboxylic acids is 1. The first-order valence-corrected chi connectivity index (χ1v) is 10.7. The van der Waals surface area contributed by atoms with E-state index < -0.39 is 35.0 Å². The average molecular weight is 402 g/mol. The predicted molar refractivity (Wildman–Crippen MR) is 104 cm³/mol. The molecule has 158 valence electrons. The molecule has 6 heteroatoms. The number of carboxylic acids is 1. The van der Waals surface area contributed by atoms with Crippen LogP contribution in [0.3, 0.4) is 0 Å². The molecular formula is C23H30O6. The van der Waals surface area contributed by atoms with Gasteiger partial charge in [-0.25, -0.2) is 4.79 Å². The summed E-state index contributed by atoms with van der Waals surface area (Å²) in [5.41, 5.74) is -1.44. The highest BCUT2D eigenvalue weighted by molar-refractivity contribution is 6.01. The SMILES string of the molecule is CC1(C)O[C@H]2C[C@H]3[C@@H]4CCC5=CC(=O)C=C[C@]5(C)[C@H]4[C@@H](O)C[C@@]3(C)[C@@]2(C(=O)O)O1. The van der Waals surface area contributed by atoms with Crippen LogP contribution in [-0.2, 0) is 19.1 Å². The van der Waals surface area contributed by atoms with Crippen LogP contribution >= 0.6 is 0 Å². The molecule has 0 spiro atoms. The zero-order valence-corrected chi connectivity index (χ0v) is 17.5. The highest BCUT2D eigenvalue weighted by Gasteiger charge is 2.77. The zero-order valence-electron chi connectivity index (χ0n) is 17.5. The van der Waals surface area contributed by atoms with E-state index in [9.17, 15) is 19.8 Å². The average Bonchev–Trinajstić information content (AvgIpc) is 3.02. The van der Waals surface area contributed by atoms with Gasteiger partial charge in [0.25, 0.3) is 0 Å². The van der Waals surface area contributed by atoms with Crippen LogP contribution in [0.1, 0.15) is 53.4 Å². The smallest absolute Gasteiger partial charge is 0.339 e. The molecular weight excluding hydrogens is 372 g/mol. The largest absolute Gasteiger partial charge is 0.479 e. The molecule has 0 amide bonds. The van der Waals surface area contributed by atoms with Crippen LogP contribution < -0.4 is 0 Å². The second-order valence-electron chi connectivity index (χ2n) is 10.6. The summed E-state index contributed by atoms with van der Waals surface area (Å²) in [6.45, 7) is 7.62. The van der Waals surface area contributed by atoms with Crippen LogP contribution in [0.4, 0.5) is 0 Å². The summed E-state index contributed by atoms with van der Waals surface area (Å²) >= 11 is 0. The van der Waals surface area contributed by atoms with Gasteiger partial charge in [-0.05, 0) is 63.5 Å². The minimum absolute atomic E-state index is 0.00956. The van der Waals surface area contributed by atoms with E-state index in [0.717, 1.165) is 18.4 Å². The number of ether oxygens (including phenoxy) is 2. The Morgan fingerprint density at radius 2 is 1.97 bits per heavy atom. The van der Waals surface area contributed by atoms with Crippen LogP contribution in [0, 0.1) is 28.6 Å². The van der Waals surface area contributed by atoms with Gasteiger partial charge in [-0.3, -0.25) is 4.79 Å². The van der Waals surface area contributed by atoms with Crippen molar-refractivity contribution < 1.29 is 29.3 Å². The van der Waals surface area contributed by atoms with Gasteiger partial charge in [-0.2, -0.15) is 0 Å². The van der Waals surface area contributed by atoms with E-state index in [0.29, 0.717) is 12.8 Å². The fourth-order valence-corrected chi connectivity index (χ4v) is 7.79. The lowest BCUT2D eigenvalue weighted by Crippen LogP contribution is -2.63. The minimum Gasteiger partial charge on any atom is -0.479 e. The number of rotatable bonds is 1. The third-order valence-electron chi connectivity index (χ3n) is 8.81. The molecule has 0 aromatic carbocycles. The van der Waals surface area contributed by atoms with Crippen LogP contribution in [0.25, 0.3) is 0 Å². The maximum Gasteiger partial charge on any atom is 0.339 e.